The first-order chi connectivity index (χ1) is 19.1. The van der Waals surface area contributed by atoms with Crippen LogP contribution in [0.4, 0.5) is 14.5 Å². The first-order valence-electron chi connectivity index (χ1n) is 12.3. The van der Waals surface area contributed by atoms with Crippen LogP contribution in [0.25, 0.3) is 5.82 Å². The van der Waals surface area contributed by atoms with Gasteiger partial charge >= 0.3 is 6.43 Å². The molecule has 5 rings (SSSR count). The lowest BCUT2D eigenvalue weighted by Crippen LogP contribution is -2.34. The van der Waals surface area contributed by atoms with Crippen molar-refractivity contribution in [2.75, 3.05) is 5.32 Å². The molecule has 0 spiro atoms. The Morgan fingerprint density at radius 1 is 1.15 bits per heavy atom. The number of hydrogen-bond donors (Lipinski definition) is 2. The van der Waals surface area contributed by atoms with E-state index >= 15 is 0 Å². The number of nitrogens with zero attached hydrogens (tertiary/aromatic N) is 7. The van der Waals surface area contributed by atoms with Crippen molar-refractivity contribution in [3.8, 4) is 5.82 Å². The van der Waals surface area contributed by atoms with E-state index in [1.807, 2.05) is 6.92 Å². The van der Waals surface area contributed by atoms with Gasteiger partial charge in [-0.15, -0.1) is 10.2 Å². The molecule has 208 valence electrons. The van der Waals surface area contributed by atoms with Gasteiger partial charge in [0.25, 0.3) is 11.8 Å². The molecule has 1 saturated carbocycles. The normalized spacial score (nSPS) is 13.9. The zero-order valence-electron chi connectivity index (χ0n) is 21.3. The van der Waals surface area contributed by atoms with Crippen molar-refractivity contribution in [2.45, 2.75) is 45.7 Å². The summed E-state index contributed by atoms with van der Waals surface area (Å²) in [5, 5.41) is 21.3. The monoisotopic (exact) mass is 589 g/mol. The van der Waals surface area contributed by atoms with Crippen LogP contribution >= 0.6 is 23.2 Å². The van der Waals surface area contributed by atoms with Gasteiger partial charge in [-0.1, -0.05) is 23.2 Å². The Morgan fingerprint density at radius 2 is 1.93 bits per heavy atom. The number of benzene rings is 1. The smallest absolute Gasteiger partial charge is 0.301 e. The van der Waals surface area contributed by atoms with Crippen LogP contribution in [-0.2, 0) is 6.54 Å². The van der Waals surface area contributed by atoms with E-state index in [0.29, 0.717) is 16.5 Å². The van der Waals surface area contributed by atoms with Crippen LogP contribution in [0, 0.1) is 12.8 Å². The Hall–Kier alpha value is -3.97. The maximum absolute atomic E-state index is 13.7. The Balaban J connectivity index is 1.49. The van der Waals surface area contributed by atoms with Gasteiger partial charge < -0.3 is 10.6 Å². The van der Waals surface area contributed by atoms with Crippen LogP contribution < -0.4 is 10.6 Å². The first-order valence-corrected chi connectivity index (χ1v) is 13.0. The topological polar surface area (TPSA) is 133 Å². The average molecular weight is 590 g/mol. The van der Waals surface area contributed by atoms with E-state index in [1.54, 1.807) is 25.1 Å². The first kappa shape index (κ1) is 27.6. The van der Waals surface area contributed by atoms with Gasteiger partial charge in [-0.3, -0.25) is 9.59 Å². The van der Waals surface area contributed by atoms with Crippen molar-refractivity contribution >= 4 is 40.7 Å². The second kappa shape index (κ2) is 11.3. The molecular formula is C25H23Cl2F2N9O2. The molecule has 4 aromatic rings. The summed E-state index contributed by atoms with van der Waals surface area (Å²) in [5.41, 5.74) is 1.31. The Bertz CT molecular complexity index is 1590. The molecule has 15 heteroatoms. The van der Waals surface area contributed by atoms with Gasteiger partial charge in [0, 0.05) is 17.3 Å². The van der Waals surface area contributed by atoms with Crippen LogP contribution in [0.1, 0.15) is 64.1 Å². The van der Waals surface area contributed by atoms with Gasteiger partial charge in [0.05, 0.1) is 22.0 Å². The third kappa shape index (κ3) is 5.94. The summed E-state index contributed by atoms with van der Waals surface area (Å²) < 4.78 is 27.0. The zero-order chi connectivity index (χ0) is 28.6. The summed E-state index contributed by atoms with van der Waals surface area (Å²) in [7, 11) is 0. The van der Waals surface area contributed by atoms with E-state index in [-0.39, 0.29) is 52.0 Å². The molecule has 1 fully saturated rings. The van der Waals surface area contributed by atoms with Gasteiger partial charge in [0.2, 0.25) is 5.82 Å². The number of alkyl halides is 2. The number of anilines is 1. The van der Waals surface area contributed by atoms with Crippen LogP contribution in [0.15, 0.2) is 36.5 Å². The van der Waals surface area contributed by atoms with E-state index in [4.69, 9.17) is 23.2 Å². The molecule has 11 nitrogen and oxygen atoms in total. The molecule has 2 amide bonds. The summed E-state index contributed by atoms with van der Waals surface area (Å²) in [6, 6.07) is 7.72. The summed E-state index contributed by atoms with van der Waals surface area (Å²) in [6.45, 7) is 3.50. The van der Waals surface area contributed by atoms with Crippen LogP contribution in [0.3, 0.4) is 0 Å². The Kier molecular flexibility index (Phi) is 7.76. The quantitative estimate of drug-likeness (QED) is 0.290. The second-order valence-corrected chi connectivity index (χ2v) is 10.3. The van der Waals surface area contributed by atoms with Crippen molar-refractivity contribution in [3.05, 3.63) is 74.9 Å². The van der Waals surface area contributed by atoms with E-state index in [1.165, 1.54) is 23.0 Å². The van der Waals surface area contributed by atoms with Crippen molar-refractivity contribution in [2.24, 2.45) is 5.92 Å². The third-order valence-corrected chi connectivity index (χ3v) is 6.88. The molecular weight excluding hydrogens is 567 g/mol. The number of carbonyl (C=O) groups is 2. The molecule has 0 bridgehead atoms. The molecule has 0 aliphatic heterocycles. The lowest BCUT2D eigenvalue weighted by molar-refractivity contribution is 0.0936. The minimum absolute atomic E-state index is 0.0110. The number of halogens is 4. The summed E-state index contributed by atoms with van der Waals surface area (Å²) >= 11 is 12.6. The highest BCUT2D eigenvalue weighted by Gasteiger charge is 2.30. The maximum atomic E-state index is 13.7. The number of aromatic nitrogens is 7. The summed E-state index contributed by atoms with van der Waals surface area (Å²) in [6.07, 6.45) is 0.692. The van der Waals surface area contributed by atoms with E-state index < -0.39 is 18.2 Å². The number of tetrazole rings is 1. The molecule has 0 radical (unpaired) electrons. The molecule has 1 atom stereocenters. The van der Waals surface area contributed by atoms with Crippen LogP contribution in [-0.4, -0.2) is 52.8 Å². The maximum Gasteiger partial charge on any atom is 0.301 e. The molecule has 2 N–H and O–H groups in total. The van der Waals surface area contributed by atoms with Gasteiger partial charge in [-0.05, 0) is 73.7 Å². The van der Waals surface area contributed by atoms with Crippen LogP contribution in [0.5, 0.6) is 0 Å². The van der Waals surface area contributed by atoms with E-state index in [2.05, 4.69) is 36.1 Å². The molecule has 1 aliphatic carbocycles. The largest absolute Gasteiger partial charge is 0.349 e. The number of nitrogens with one attached hydrogen (secondary N) is 2. The fraction of sp³-hybridized carbons (Fsp3) is 0.320. The lowest BCUT2D eigenvalue weighted by atomic mass is 10.1. The molecule has 3 heterocycles. The number of rotatable bonds is 9. The number of carbonyl (C=O) groups excluding carboxylic acids is 2. The minimum Gasteiger partial charge on any atom is -0.349 e. The zero-order valence-corrected chi connectivity index (χ0v) is 22.8. The Morgan fingerprint density at radius 3 is 2.60 bits per heavy atom. The minimum atomic E-state index is -2.89. The van der Waals surface area contributed by atoms with E-state index in [9.17, 15) is 18.4 Å². The molecule has 1 aliphatic rings. The van der Waals surface area contributed by atoms with Crippen molar-refractivity contribution in [1.29, 1.82) is 0 Å². The fourth-order valence-corrected chi connectivity index (χ4v) is 4.66. The molecule has 1 unspecified atom stereocenters. The van der Waals surface area contributed by atoms with Gasteiger partial charge in [-0.25, -0.2) is 18.4 Å². The molecule has 40 heavy (non-hydrogen) atoms. The van der Waals surface area contributed by atoms with E-state index in [0.717, 1.165) is 17.6 Å². The standard InChI is InChI=1S/C25H23Cl2F2N9O2/c1-12-8-15(26)9-17(24(39)31-13(2)14-5-6-14)20(12)32-25(40)19-10-16(11-37-35-22(21(28)29)33-36-37)34-38(19)23-18(27)4-3-7-30-23/h3-4,7-10,13-14,21H,5-6,11H2,1-2H3,(H,31,39)(H,32,40). The fourth-order valence-electron chi connectivity index (χ4n) is 4.18. The van der Waals surface area contributed by atoms with Crippen LogP contribution in [0.2, 0.25) is 10.0 Å². The summed E-state index contributed by atoms with van der Waals surface area (Å²) in [4.78, 5) is 32.0. The average Bonchev–Trinajstić information content (AvgIpc) is 3.52. The van der Waals surface area contributed by atoms with Gasteiger partial charge in [0.1, 0.15) is 12.2 Å². The molecule has 0 saturated heterocycles. The highest BCUT2D eigenvalue weighted by molar-refractivity contribution is 6.32. The lowest BCUT2D eigenvalue weighted by Gasteiger charge is -2.18. The highest BCUT2D eigenvalue weighted by Crippen LogP contribution is 2.33. The highest BCUT2D eigenvalue weighted by atomic mass is 35.5. The second-order valence-electron chi connectivity index (χ2n) is 9.42. The molecule has 1 aromatic carbocycles. The van der Waals surface area contributed by atoms with Crippen molar-refractivity contribution in [1.82, 2.24) is 40.3 Å². The van der Waals surface area contributed by atoms with Gasteiger partial charge in [-0.2, -0.15) is 9.90 Å². The SMILES string of the molecule is Cc1cc(Cl)cc(C(=O)NC(C)C2CC2)c1NC(=O)c1cc(Cn2nnc(C(F)F)n2)nn1-c1ncccc1Cl. The number of amides is 2. The molecule has 3 aromatic heterocycles. The Labute approximate surface area is 236 Å². The third-order valence-electron chi connectivity index (χ3n) is 6.37. The predicted molar refractivity (Wildman–Crippen MR) is 142 cm³/mol. The van der Waals surface area contributed by atoms with Crippen molar-refractivity contribution in [3.63, 3.8) is 0 Å². The number of pyridine rings is 1. The predicted octanol–water partition coefficient (Wildman–Crippen LogP) is 4.64. The number of hydrogen-bond acceptors (Lipinski definition) is 7. The number of aryl methyl sites for hydroxylation is 1. The van der Waals surface area contributed by atoms with Crippen molar-refractivity contribution < 1.29 is 18.4 Å². The van der Waals surface area contributed by atoms with Gasteiger partial charge in [0.15, 0.2) is 5.82 Å². The summed E-state index contributed by atoms with van der Waals surface area (Å²) in [5.74, 6) is -1.14.